The lowest BCUT2D eigenvalue weighted by Gasteiger charge is -2.56. The van der Waals surface area contributed by atoms with Crippen molar-refractivity contribution in [2.75, 3.05) is 18.5 Å². The molecule has 0 amide bonds. The predicted octanol–water partition coefficient (Wildman–Crippen LogP) is 3.24. The first kappa shape index (κ1) is 21.4. The van der Waals surface area contributed by atoms with Crippen molar-refractivity contribution in [3.63, 3.8) is 0 Å². The number of ether oxygens (including phenoxy) is 4. The van der Waals surface area contributed by atoms with Crippen molar-refractivity contribution in [1.82, 2.24) is 0 Å². The molecule has 0 unspecified atom stereocenters. The van der Waals surface area contributed by atoms with E-state index in [2.05, 4.69) is 26.1 Å². The van der Waals surface area contributed by atoms with Crippen molar-refractivity contribution in [2.45, 2.75) is 80.7 Å². The van der Waals surface area contributed by atoms with E-state index in [9.17, 15) is 9.90 Å². The Labute approximate surface area is 209 Å². The molecule has 2 saturated carbocycles. The number of benzene rings is 1. The van der Waals surface area contributed by atoms with Crippen LogP contribution in [-0.4, -0.2) is 64.9 Å². The molecule has 0 bridgehead atoms. The van der Waals surface area contributed by atoms with Gasteiger partial charge < -0.3 is 29.4 Å². The van der Waals surface area contributed by atoms with Crippen LogP contribution >= 0.6 is 11.6 Å². The van der Waals surface area contributed by atoms with Crippen LogP contribution in [-0.2, 0) is 23.7 Å². The molecular weight excluding hydrogens is 470 g/mol. The summed E-state index contributed by atoms with van der Waals surface area (Å²) in [5, 5.41) is 17.0. The van der Waals surface area contributed by atoms with Crippen LogP contribution in [0.15, 0.2) is 35.4 Å². The fourth-order valence-electron chi connectivity index (χ4n) is 9.15. The monoisotopic (exact) mass is 499 g/mol. The summed E-state index contributed by atoms with van der Waals surface area (Å²) < 4.78 is 25.4. The van der Waals surface area contributed by atoms with Gasteiger partial charge >= 0.3 is 5.97 Å². The van der Waals surface area contributed by atoms with Gasteiger partial charge in [0.15, 0.2) is 5.60 Å². The summed E-state index contributed by atoms with van der Waals surface area (Å²) >= 11 is 6.09. The number of anilines is 1. The van der Waals surface area contributed by atoms with Crippen LogP contribution in [0.5, 0.6) is 0 Å². The normalized spacial score (nSPS) is 51.9. The summed E-state index contributed by atoms with van der Waals surface area (Å²) in [4.78, 5) is 12.4. The van der Waals surface area contributed by atoms with Crippen LogP contribution in [0.4, 0.5) is 5.69 Å². The van der Waals surface area contributed by atoms with E-state index in [0.717, 1.165) is 29.7 Å². The third kappa shape index (κ3) is 2.06. The molecule has 4 heterocycles. The van der Waals surface area contributed by atoms with Gasteiger partial charge in [-0.3, -0.25) is 0 Å². The fraction of sp³-hybridized carbons (Fsp3) is 0.667. The Bertz CT molecular complexity index is 1220. The molecule has 7 nitrogen and oxygen atoms in total. The summed E-state index contributed by atoms with van der Waals surface area (Å²) in [7, 11) is 0. The maximum absolute atomic E-state index is 12.8. The van der Waals surface area contributed by atoms with Gasteiger partial charge in [0, 0.05) is 28.2 Å². The van der Waals surface area contributed by atoms with Gasteiger partial charge in [-0.1, -0.05) is 32.4 Å². The zero-order chi connectivity index (χ0) is 24.2. The highest BCUT2D eigenvalue weighted by Crippen LogP contribution is 2.85. The first-order valence-electron chi connectivity index (χ1n) is 12.8. The van der Waals surface area contributed by atoms with Gasteiger partial charge in [-0.2, -0.15) is 0 Å². The summed E-state index contributed by atoms with van der Waals surface area (Å²) in [6.45, 7) is 7.16. The molecule has 8 heteroatoms. The number of cyclic esters (lactones) is 1. The molecule has 4 aliphatic heterocycles. The number of epoxide rings is 3. The van der Waals surface area contributed by atoms with Gasteiger partial charge in [-0.25, -0.2) is 4.79 Å². The number of hydrogen-bond acceptors (Lipinski definition) is 7. The van der Waals surface area contributed by atoms with Crippen molar-refractivity contribution in [2.24, 2.45) is 17.3 Å². The molecular formula is C27H30ClNO6. The summed E-state index contributed by atoms with van der Waals surface area (Å²) in [5.41, 5.74) is -0.945. The number of nitrogens with one attached hydrogen (secondary N) is 1. The highest BCUT2D eigenvalue weighted by molar-refractivity contribution is 6.30. The van der Waals surface area contributed by atoms with Crippen molar-refractivity contribution in [3.05, 3.63) is 40.4 Å². The second kappa shape index (κ2) is 6.08. The van der Waals surface area contributed by atoms with Gasteiger partial charge in [0.05, 0.1) is 6.10 Å². The topological polar surface area (TPSA) is 96.2 Å². The molecule has 5 fully saturated rings. The van der Waals surface area contributed by atoms with Crippen LogP contribution in [0.25, 0.3) is 0 Å². The second-order valence-corrected chi connectivity index (χ2v) is 12.5. The lowest BCUT2D eigenvalue weighted by atomic mass is 9.44. The molecule has 8 rings (SSSR count). The number of esters is 1. The zero-order valence-corrected chi connectivity index (χ0v) is 20.9. The highest BCUT2D eigenvalue weighted by atomic mass is 35.5. The van der Waals surface area contributed by atoms with Gasteiger partial charge in [0.2, 0.25) is 0 Å². The zero-order valence-electron chi connectivity index (χ0n) is 20.1. The van der Waals surface area contributed by atoms with E-state index in [0.29, 0.717) is 18.1 Å². The molecule has 2 spiro atoms. The lowest BCUT2D eigenvalue weighted by Crippen LogP contribution is -2.77. The number of carbonyl (C=O) groups is 1. The molecule has 2 N–H and O–H groups in total. The molecule has 1 aromatic rings. The Kier molecular flexibility index (Phi) is 3.72. The van der Waals surface area contributed by atoms with E-state index >= 15 is 0 Å². The number of aliphatic hydroxyl groups is 1. The van der Waals surface area contributed by atoms with Gasteiger partial charge in [0.1, 0.15) is 35.6 Å². The van der Waals surface area contributed by atoms with E-state index in [-0.39, 0.29) is 48.1 Å². The average Bonchev–Trinajstić information content (AvgIpc) is 3.72. The maximum Gasteiger partial charge on any atom is 0.334 e. The third-order valence-corrected chi connectivity index (χ3v) is 11.0. The molecule has 0 aromatic heterocycles. The maximum atomic E-state index is 12.8. The number of halogens is 1. The fourth-order valence-corrected chi connectivity index (χ4v) is 9.27. The Balaban J connectivity index is 1.24. The van der Waals surface area contributed by atoms with E-state index < -0.39 is 22.4 Å². The van der Waals surface area contributed by atoms with E-state index in [1.165, 1.54) is 0 Å². The molecule has 0 radical (unpaired) electrons. The molecule has 9 atom stereocenters. The van der Waals surface area contributed by atoms with Crippen LogP contribution in [0.2, 0.25) is 5.02 Å². The molecule has 35 heavy (non-hydrogen) atoms. The van der Waals surface area contributed by atoms with E-state index in [1.54, 1.807) is 0 Å². The van der Waals surface area contributed by atoms with Crippen LogP contribution in [0.1, 0.15) is 40.0 Å². The quantitative estimate of drug-likeness (QED) is 0.485. The van der Waals surface area contributed by atoms with Gasteiger partial charge in [-0.15, -0.1) is 0 Å². The molecule has 186 valence electrons. The molecule has 3 saturated heterocycles. The first-order valence-corrected chi connectivity index (χ1v) is 13.2. The van der Waals surface area contributed by atoms with Gasteiger partial charge in [-0.05, 0) is 60.9 Å². The molecule has 7 aliphatic rings. The number of rotatable bonds is 4. The predicted molar refractivity (Wildman–Crippen MR) is 126 cm³/mol. The van der Waals surface area contributed by atoms with E-state index in [1.807, 2.05) is 24.3 Å². The van der Waals surface area contributed by atoms with Crippen LogP contribution in [0, 0.1) is 17.3 Å². The summed E-state index contributed by atoms with van der Waals surface area (Å²) in [6.07, 6.45) is 1.79. The number of hydrogen-bond donors (Lipinski definition) is 2. The van der Waals surface area contributed by atoms with Gasteiger partial charge in [0.25, 0.3) is 0 Å². The number of fused-ring (bicyclic) bond motifs is 4. The van der Waals surface area contributed by atoms with Crippen molar-refractivity contribution in [1.29, 1.82) is 0 Å². The highest BCUT2D eigenvalue weighted by Gasteiger charge is 3.04. The Morgan fingerprint density at radius 1 is 1.14 bits per heavy atom. The first-order chi connectivity index (χ1) is 16.7. The standard InChI is InChI=1S/C27H30ClNO6/c1-13(2)25-20(34-25)21-27(35-21)23(3)9-8-16-17(11-32-22(16)30)18(23)10-19-26(27,33-19)24(25,31)12-29-15-6-4-14(28)5-7-15/h4-7,13,18-21,29,31H,8-12H2,1-3H3/t18-,19-,20-,21-,23-,24-,25-,26+,27+/m0/s1. The van der Waals surface area contributed by atoms with Crippen LogP contribution < -0.4 is 5.32 Å². The largest absolute Gasteiger partial charge is 0.458 e. The molecule has 1 aromatic carbocycles. The van der Waals surface area contributed by atoms with Crippen LogP contribution in [0.3, 0.4) is 0 Å². The summed E-state index contributed by atoms with van der Waals surface area (Å²) in [6, 6.07) is 7.51. The third-order valence-electron chi connectivity index (χ3n) is 10.8. The minimum absolute atomic E-state index is 0.0815. The Morgan fingerprint density at radius 2 is 1.91 bits per heavy atom. The van der Waals surface area contributed by atoms with E-state index in [4.69, 9.17) is 30.5 Å². The minimum Gasteiger partial charge on any atom is -0.458 e. The lowest BCUT2D eigenvalue weighted by molar-refractivity contribution is -0.159. The molecule has 3 aliphatic carbocycles. The second-order valence-electron chi connectivity index (χ2n) is 12.1. The average molecular weight is 500 g/mol. The summed E-state index contributed by atoms with van der Waals surface area (Å²) in [5.74, 6) is 0.0538. The Morgan fingerprint density at radius 3 is 2.66 bits per heavy atom. The van der Waals surface area contributed by atoms with Crippen molar-refractivity contribution < 1.29 is 28.8 Å². The van der Waals surface area contributed by atoms with Crippen molar-refractivity contribution >= 4 is 23.3 Å². The minimum atomic E-state index is -1.29. The SMILES string of the molecule is CC(C)[C@]12O[C@H]1[C@@H]1O[C@]13[C@]1(O[C@H]1C[C@H]1C4=C(CC[C@@]13C)C(=O)OC4)[C@]2(O)CNc1ccc(Cl)cc1. The van der Waals surface area contributed by atoms with Crippen molar-refractivity contribution in [3.8, 4) is 0 Å². The number of carbonyl (C=O) groups excluding carboxylic acids is 1. The smallest absolute Gasteiger partial charge is 0.334 e. The Hall–Kier alpha value is -1.64.